The van der Waals surface area contributed by atoms with Crippen LogP contribution in [0.4, 0.5) is 0 Å². The molecule has 4 heteroatoms. The van der Waals surface area contributed by atoms with Crippen LogP contribution in [0.15, 0.2) is 36.4 Å². The maximum absolute atomic E-state index is 9.65. The van der Waals surface area contributed by atoms with Gasteiger partial charge < -0.3 is 4.74 Å². The lowest BCUT2D eigenvalue weighted by Crippen LogP contribution is -2.00. The van der Waals surface area contributed by atoms with E-state index in [0.29, 0.717) is 17.1 Å². The second kappa shape index (κ2) is 5.36. The summed E-state index contributed by atoms with van der Waals surface area (Å²) < 4.78 is 5.35. The van der Waals surface area contributed by atoms with Crippen LogP contribution in [0, 0.1) is 11.3 Å². The van der Waals surface area contributed by atoms with E-state index in [9.17, 15) is 5.26 Å². The van der Waals surface area contributed by atoms with Crippen LogP contribution in [-0.4, -0.2) is 17.1 Å². The Kier molecular flexibility index (Phi) is 3.20. The lowest BCUT2D eigenvalue weighted by Gasteiger charge is -2.13. The van der Waals surface area contributed by atoms with Gasteiger partial charge in [0.25, 0.3) is 0 Å². The zero-order valence-corrected chi connectivity index (χ0v) is 12.8. The Hall–Kier alpha value is -2.93. The Labute approximate surface area is 134 Å². The first kappa shape index (κ1) is 13.7. The molecule has 0 saturated heterocycles. The highest BCUT2D eigenvalue weighted by molar-refractivity contribution is 5.97. The molecule has 0 bridgehead atoms. The van der Waals surface area contributed by atoms with Gasteiger partial charge in [-0.2, -0.15) is 10.2 Å². The van der Waals surface area contributed by atoms with Gasteiger partial charge in [0.1, 0.15) is 11.6 Å². The molecular formula is C19H15N3O. The molecule has 0 N–H and O–H groups in total. The number of pyridine rings is 2. The summed E-state index contributed by atoms with van der Waals surface area (Å²) in [5.41, 5.74) is 5.35. The summed E-state index contributed by atoms with van der Waals surface area (Å²) in [4.78, 5) is 9.20. The SMILES string of the molecule is COc1nc2nc3c(cc2c(-c2ccccc2)c1C#N)CCC3. The molecule has 2 heterocycles. The van der Waals surface area contributed by atoms with E-state index in [1.165, 1.54) is 12.7 Å². The van der Waals surface area contributed by atoms with E-state index in [-0.39, 0.29) is 0 Å². The number of aromatic nitrogens is 2. The van der Waals surface area contributed by atoms with Crippen molar-refractivity contribution in [1.29, 1.82) is 5.26 Å². The molecule has 4 rings (SSSR count). The van der Waals surface area contributed by atoms with Crippen molar-refractivity contribution in [2.75, 3.05) is 7.11 Å². The van der Waals surface area contributed by atoms with Crippen LogP contribution < -0.4 is 4.74 Å². The van der Waals surface area contributed by atoms with Crippen molar-refractivity contribution < 1.29 is 4.74 Å². The van der Waals surface area contributed by atoms with Crippen LogP contribution in [0.1, 0.15) is 23.2 Å². The predicted octanol–water partition coefficient (Wildman–Crippen LogP) is 3.67. The molecule has 3 aromatic rings. The first-order valence-electron chi connectivity index (χ1n) is 7.68. The van der Waals surface area contributed by atoms with E-state index in [2.05, 4.69) is 17.1 Å². The summed E-state index contributed by atoms with van der Waals surface area (Å²) in [6, 6.07) is 14.3. The summed E-state index contributed by atoms with van der Waals surface area (Å²) in [5, 5.41) is 10.6. The number of ether oxygens (including phenoxy) is 1. The zero-order chi connectivity index (χ0) is 15.8. The maximum Gasteiger partial charge on any atom is 0.234 e. The molecule has 0 amide bonds. The van der Waals surface area contributed by atoms with Crippen molar-refractivity contribution in [3.05, 3.63) is 53.2 Å². The molecule has 0 aliphatic heterocycles. The van der Waals surface area contributed by atoms with Crippen LogP contribution in [0.3, 0.4) is 0 Å². The lowest BCUT2D eigenvalue weighted by atomic mass is 9.96. The molecule has 0 unspecified atom stereocenters. The molecule has 0 atom stereocenters. The Morgan fingerprint density at radius 2 is 1.96 bits per heavy atom. The quantitative estimate of drug-likeness (QED) is 0.724. The number of methoxy groups -OCH3 is 1. The smallest absolute Gasteiger partial charge is 0.234 e. The van der Waals surface area contributed by atoms with Gasteiger partial charge in [0.05, 0.1) is 7.11 Å². The molecule has 2 aromatic heterocycles. The largest absolute Gasteiger partial charge is 0.480 e. The minimum atomic E-state index is 0.337. The summed E-state index contributed by atoms with van der Waals surface area (Å²) in [5.74, 6) is 0.337. The Bertz CT molecular complexity index is 942. The van der Waals surface area contributed by atoms with Crippen molar-refractivity contribution in [2.24, 2.45) is 0 Å². The molecule has 1 aliphatic rings. The third kappa shape index (κ3) is 2.13. The third-order valence-corrected chi connectivity index (χ3v) is 4.34. The first-order valence-corrected chi connectivity index (χ1v) is 7.68. The molecule has 1 aliphatic carbocycles. The number of aryl methyl sites for hydroxylation is 2. The highest BCUT2D eigenvalue weighted by Crippen LogP contribution is 2.37. The highest BCUT2D eigenvalue weighted by Gasteiger charge is 2.21. The van der Waals surface area contributed by atoms with E-state index in [0.717, 1.165) is 41.5 Å². The summed E-state index contributed by atoms with van der Waals surface area (Å²) >= 11 is 0. The fourth-order valence-corrected chi connectivity index (χ4v) is 3.28. The average Bonchev–Trinajstić information content (AvgIpc) is 3.06. The Morgan fingerprint density at radius 1 is 1.13 bits per heavy atom. The van der Waals surface area contributed by atoms with Gasteiger partial charge in [0.15, 0.2) is 5.65 Å². The molecule has 0 saturated carbocycles. The van der Waals surface area contributed by atoms with Gasteiger partial charge in [-0.1, -0.05) is 30.3 Å². The van der Waals surface area contributed by atoms with E-state index in [1.54, 1.807) is 0 Å². The summed E-state index contributed by atoms with van der Waals surface area (Å²) in [7, 11) is 1.54. The molecule has 0 spiro atoms. The molecule has 112 valence electrons. The van der Waals surface area contributed by atoms with Crippen molar-refractivity contribution in [3.63, 3.8) is 0 Å². The Balaban J connectivity index is 2.14. The summed E-state index contributed by atoms with van der Waals surface area (Å²) in [6.45, 7) is 0. The number of hydrogen-bond acceptors (Lipinski definition) is 4. The molecule has 0 fully saturated rings. The van der Waals surface area contributed by atoms with Crippen molar-refractivity contribution in [2.45, 2.75) is 19.3 Å². The minimum Gasteiger partial charge on any atom is -0.480 e. The fourth-order valence-electron chi connectivity index (χ4n) is 3.28. The first-order chi connectivity index (χ1) is 11.3. The second-order valence-electron chi connectivity index (χ2n) is 5.67. The van der Waals surface area contributed by atoms with Crippen molar-refractivity contribution in [3.8, 4) is 23.1 Å². The topological polar surface area (TPSA) is 58.8 Å². The number of hydrogen-bond donors (Lipinski definition) is 0. The Morgan fingerprint density at radius 3 is 2.70 bits per heavy atom. The average molecular weight is 301 g/mol. The monoisotopic (exact) mass is 301 g/mol. The number of nitrogens with zero attached hydrogens (tertiary/aromatic N) is 3. The number of nitriles is 1. The van der Waals surface area contributed by atoms with Gasteiger partial charge in [-0.25, -0.2) is 4.98 Å². The van der Waals surface area contributed by atoms with E-state index < -0.39 is 0 Å². The molecule has 0 radical (unpaired) electrons. The number of rotatable bonds is 2. The van der Waals surface area contributed by atoms with Crippen LogP contribution in [-0.2, 0) is 12.8 Å². The lowest BCUT2D eigenvalue weighted by molar-refractivity contribution is 0.398. The van der Waals surface area contributed by atoms with Crippen molar-refractivity contribution >= 4 is 11.0 Å². The van der Waals surface area contributed by atoms with Gasteiger partial charge in [-0.05, 0) is 36.5 Å². The van der Waals surface area contributed by atoms with Crippen LogP contribution in [0.25, 0.3) is 22.2 Å². The molecule has 23 heavy (non-hydrogen) atoms. The van der Waals surface area contributed by atoms with Gasteiger partial charge in [0.2, 0.25) is 5.88 Å². The molecular weight excluding hydrogens is 286 g/mol. The van der Waals surface area contributed by atoms with E-state index >= 15 is 0 Å². The van der Waals surface area contributed by atoms with Gasteiger partial charge in [-0.3, -0.25) is 0 Å². The maximum atomic E-state index is 9.65. The second-order valence-corrected chi connectivity index (χ2v) is 5.67. The molecule has 1 aromatic carbocycles. The van der Waals surface area contributed by atoms with Crippen molar-refractivity contribution in [1.82, 2.24) is 9.97 Å². The summed E-state index contributed by atoms with van der Waals surface area (Å²) in [6.07, 6.45) is 3.16. The fraction of sp³-hybridized carbons (Fsp3) is 0.211. The van der Waals surface area contributed by atoms with E-state index in [4.69, 9.17) is 9.72 Å². The van der Waals surface area contributed by atoms with Crippen LogP contribution >= 0.6 is 0 Å². The van der Waals surface area contributed by atoms with Gasteiger partial charge in [0, 0.05) is 16.6 Å². The van der Waals surface area contributed by atoms with E-state index in [1.807, 2.05) is 30.3 Å². The normalized spacial score (nSPS) is 12.9. The third-order valence-electron chi connectivity index (χ3n) is 4.34. The van der Waals surface area contributed by atoms with Crippen LogP contribution in [0.5, 0.6) is 5.88 Å². The predicted molar refractivity (Wildman–Crippen MR) is 88.3 cm³/mol. The number of fused-ring (bicyclic) bond motifs is 2. The van der Waals surface area contributed by atoms with Gasteiger partial charge >= 0.3 is 0 Å². The minimum absolute atomic E-state index is 0.337. The number of benzene rings is 1. The highest BCUT2D eigenvalue weighted by atomic mass is 16.5. The molecule has 4 nitrogen and oxygen atoms in total. The van der Waals surface area contributed by atoms with Gasteiger partial charge in [-0.15, -0.1) is 0 Å². The van der Waals surface area contributed by atoms with Crippen LogP contribution in [0.2, 0.25) is 0 Å². The zero-order valence-electron chi connectivity index (χ0n) is 12.8. The standard InChI is InChI=1S/C19H15N3O/c1-23-19-15(11-20)17(12-6-3-2-4-7-12)14-10-13-8-5-9-16(13)21-18(14)22-19/h2-4,6-7,10H,5,8-9H2,1H3.